The van der Waals surface area contributed by atoms with Gasteiger partial charge in [0.15, 0.2) is 10.9 Å². The molecule has 0 radical (unpaired) electrons. The van der Waals surface area contributed by atoms with Crippen molar-refractivity contribution in [2.45, 2.75) is 12.8 Å². The van der Waals surface area contributed by atoms with E-state index in [9.17, 15) is 19.7 Å². The van der Waals surface area contributed by atoms with Crippen LogP contribution in [0.25, 0.3) is 0 Å². The van der Waals surface area contributed by atoms with Crippen molar-refractivity contribution in [3.05, 3.63) is 76.2 Å². The number of hydrogen-bond acceptors (Lipinski definition) is 8. The number of thiocarbonyl (C=S) groups is 1. The van der Waals surface area contributed by atoms with Crippen LogP contribution in [0.4, 0.5) is 22.7 Å². The molecule has 0 atom stereocenters. The number of nitrogens with zero attached hydrogens (tertiary/aromatic N) is 2. The first-order chi connectivity index (χ1) is 17.4. The zero-order chi connectivity index (χ0) is 25.7. The number of benzene rings is 2. The maximum absolute atomic E-state index is 12.7. The van der Waals surface area contributed by atoms with Gasteiger partial charge in [-0.3, -0.25) is 25.0 Å². The summed E-state index contributed by atoms with van der Waals surface area (Å²) in [6.45, 7) is 1.49. The molecule has 1 fully saturated rings. The molecule has 4 rings (SSSR count). The number of rotatable bonds is 7. The topological polar surface area (TPSA) is 139 Å². The Morgan fingerprint density at radius 1 is 1.08 bits per heavy atom. The van der Waals surface area contributed by atoms with Crippen LogP contribution < -0.4 is 25.6 Å². The van der Waals surface area contributed by atoms with Gasteiger partial charge in [-0.2, -0.15) is 0 Å². The van der Waals surface area contributed by atoms with E-state index in [0.29, 0.717) is 22.8 Å². The molecule has 36 heavy (non-hydrogen) atoms. The molecule has 2 amide bonds. The summed E-state index contributed by atoms with van der Waals surface area (Å²) in [7, 11) is 1.44. The van der Waals surface area contributed by atoms with E-state index in [4.69, 9.17) is 21.4 Å². The Kier molecular flexibility index (Phi) is 7.44. The number of amides is 2. The number of furan rings is 1. The molecule has 0 aliphatic carbocycles. The van der Waals surface area contributed by atoms with E-state index in [1.807, 2.05) is 4.90 Å². The molecule has 2 aromatic carbocycles. The molecule has 3 N–H and O–H groups in total. The fourth-order valence-electron chi connectivity index (χ4n) is 3.84. The quantitative estimate of drug-likeness (QED) is 0.243. The maximum atomic E-state index is 12.7. The minimum atomic E-state index is -0.585. The summed E-state index contributed by atoms with van der Waals surface area (Å²) in [6, 6.07) is 12.4. The highest BCUT2D eigenvalue weighted by Gasteiger charge is 2.24. The van der Waals surface area contributed by atoms with Crippen molar-refractivity contribution in [1.29, 1.82) is 0 Å². The van der Waals surface area contributed by atoms with Crippen molar-refractivity contribution >= 4 is 51.9 Å². The highest BCUT2D eigenvalue weighted by Crippen LogP contribution is 2.32. The van der Waals surface area contributed by atoms with Crippen LogP contribution in [0.3, 0.4) is 0 Å². The van der Waals surface area contributed by atoms with Gasteiger partial charge in [-0.15, -0.1) is 0 Å². The van der Waals surface area contributed by atoms with E-state index in [-0.39, 0.29) is 22.1 Å². The zero-order valence-corrected chi connectivity index (χ0v) is 20.1. The van der Waals surface area contributed by atoms with Crippen molar-refractivity contribution < 1.29 is 23.7 Å². The number of nitrogens with one attached hydrogen (secondary N) is 3. The lowest BCUT2D eigenvalue weighted by atomic mass is 10.1. The average molecular weight is 510 g/mol. The van der Waals surface area contributed by atoms with Crippen LogP contribution in [0.15, 0.2) is 59.2 Å². The lowest BCUT2D eigenvalue weighted by Crippen LogP contribution is -2.34. The Bertz CT molecular complexity index is 1300. The highest BCUT2D eigenvalue weighted by molar-refractivity contribution is 7.80. The van der Waals surface area contributed by atoms with Crippen molar-refractivity contribution in [2.24, 2.45) is 0 Å². The lowest BCUT2D eigenvalue weighted by molar-refractivity contribution is -0.384. The summed E-state index contributed by atoms with van der Waals surface area (Å²) in [5, 5.41) is 19.7. The fourth-order valence-corrected chi connectivity index (χ4v) is 4.05. The number of carbonyl (C=O) groups excluding carboxylic acids is 2. The first-order valence-electron chi connectivity index (χ1n) is 11.0. The third kappa shape index (κ3) is 5.61. The Labute approximate surface area is 211 Å². The summed E-state index contributed by atoms with van der Waals surface area (Å²) in [5.74, 6) is -0.525. The van der Waals surface area contributed by atoms with E-state index in [1.54, 1.807) is 30.3 Å². The minimum Gasteiger partial charge on any atom is -0.494 e. The van der Waals surface area contributed by atoms with Gasteiger partial charge < -0.3 is 24.7 Å². The first-order valence-corrected chi connectivity index (χ1v) is 11.4. The molecule has 0 spiro atoms. The Hall–Kier alpha value is -4.45. The van der Waals surface area contributed by atoms with Crippen LogP contribution >= 0.6 is 12.2 Å². The van der Waals surface area contributed by atoms with Crippen molar-refractivity contribution in [3.8, 4) is 5.75 Å². The summed E-state index contributed by atoms with van der Waals surface area (Å²) < 4.78 is 10.4. The fraction of sp³-hybridized carbons (Fsp3) is 0.208. The predicted octanol–water partition coefficient (Wildman–Crippen LogP) is 4.18. The third-order valence-corrected chi connectivity index (χ3v) is 5.76. The summed E-state index contributed by atoms with van der Waals surface area (Å²) in [6.07, 6.45) is 3.34. The predicted molar refractivity (Wildman–Crippen MR) is 138 cm³/mol. The number of nitro benzene ring substituents is 1. The summed E-state index contributed by atoms with van der Waals surface area (Å²) >= 11 is 5.24. The van der Waals surface area contributed by atoms with Gasteiger partial charge in [0, 0.05) is 36.5 Å². The normalized spacial score (nSPS) is 12.6. The lowest BCUT2D eigenvalue weighted by Gasteiger charge is -2.18. The van der Waals surface area contributed by atoms with Crippen molar-refractivity contribution in [1.82, 2.24) is 5.32 Å². The van der Waals surface area contributed by atoms with Gasteiger partial charge in [0.25, 0.3) is 17.5 Å². The minimum absolute atomic E-state index is 0.0132. The largest absolute Gasteiger partial charge is 0.494 e. The molecule has 1 aliphatic rings. The SMILES string of the molecule is COc1cc(NC(=S)NC(=O)c2ccc(N3CCCC3)c([N+](=O)[O-])c2)ccc1NC(=O)c1ccco1. The van der Waals surface area contributed by atoms with Crippen LogP contribution in [0.2, 0.25) is 0 Å². The molecule has 1 saturated heterocycles. The average Bonchev–Trinajstić information content (AvgIpc) is 3.59. The van der Waals surface area contributed by atoms with Crippen LogP contribution in [-0.4, -0.2) is 42.0 Å². The molecule has 0 bridgehead atoms. The van der Waals surface area contributed by atoms with Crippen LogP contribution in [-0.2, 0) is 0 Å². The molecular formula is C24H23N5O6S. The number of carbonyl (C=O) groups is 2. The monoisotopic (exact) mass is 509 g/mol. The van der Waals surface area contributed by atoms with E-state index >= 15 is 0 Å². The highest BCUT2D eigenvalue weighted by atomic mass is 32.1. The molecule has 12 heteroatoms. The van der Waals surface area contributed by atoms with Gasteiger partial charge in [0.05, 0.1) is 24.0 Å². The standard InChI is InChI=1S/C24H23N5O6S/c1-34-21-14-16(7-8-17(21)26-23(31)20-5-4-12-35-20)25-24(36)27-22(30)15-6-9-18(19(13-15)29(32)33)28-10-2-3-11-28/h4-9,12-14H,2-3,10-11H2,1H3,(H,26,31)(H2,25,27,30,36). The van der Waals surface area contributed by atoms with E-state index < -0.39 is 16.7 Å². The number of hydrogen-bond donors (Lipinski definition) is 3. The van der Waals surface area contributed by atoms with E-state index in [0.717, 1.165) is 25.9 Å². The Morgan fingerprint density at radius 3 is 2.53 bits per heavy atom. The molecule has 11 nitrogen and oxygen atoms in total. The molecule has 2 heterocycles. The van der Waals surface area contributed by atoms with Gasteiger partial charge in [0.2, 0.25) is 0 Å². The number of methoxy groups -OCH3 is 1. The second kappa shape index (κ2) is 10.9. The van der Waals surface area contributed by atoms with Crippen LogP contribution in [0.1, 0.15) is 33.8 Å². The van der Waals surface area contributed by atoms with Gasteiger partial charge in [0.1, 0.15) is 11.4 Å². The number of anilines is 3. The molecule has 1 aliphatic heterocycles. The molecular weight excluding hydrogens is 486 g/mol. The second-order valence-electron chi connectivity index (χ2n) is 7.91. The molecule has 186 valence electrons. The zero-order valence-electron chi connectivity index (χ0n) is 19.3. The van der Waals surface area contributed by atoms with Crippen molar-refractivity contribution in [3.63, 3.8) is 0 Å². The maximum Gasteiger partial charge on any atom is 0.293 e. The third-order valence-electron chi connectivity index (χ3n) is 5.56. The second-order valence-corrected chi connectivity index (χ2v) is 8.32. The number of nitro groups is 1. The Morgan fingerprint density at radius 2 is 1.86 bits per heavy atom. The van der Waals surface area contributed by atoms with Crippen molar-refractivity contribution in [2.75, 3.05) is 35.7 Å². The van der Waals surface area contributed by atoms with Crippen LogP contribution in [0.5, 0.6) is 5.75 Å². The van der Waals surface area contributed by atoms with Gasteiger partial charge in [-0.05, 0) is 61.5 Å². The summed E-state index contributed by atoms with van der Waals surface area (Å²) in [5.41, 5.74) is 1.39. The molecule has 3 aromatic rings. The smallest absolute Gasteiger partial charge is 0.293 e. The number of ether oxygens (including phenoxy) is 1. The first kappa shape index (κ1) is 24.7. The van der Waals surface area contributed by atoms with Gasteiger partial charge >= 0.3 is 0 Å². The molecule has 0 unspecified atom stereocenters. The molecule has 0 saturated carbocycles. The molecule has 1 aromatic heterocycles. The summed E-state index contributed by atoms with van der Waals surface area (Å²) in [4.78, 5) is 38.0. The Balaban J connectivity index is 1.42. The van der Waals surface area contributed by atoms with Crippen LogP contribution in [0, 0.1) is 10.1 Å². The van der Waals surface area contributed by atoms with E-state index in [1.165, 1.54) is 31.6 Å². The van der Waals surface area contributed by atoms with Gasteiger partial charge in [-0.1, -0.05) is 0 Å². The van der Waals surface area contributed by atoms with Gasteiger partial charge in [-0.25, -0.2) is 0 Å². The van der Waals surface area contributed by atoms with E-state index in [2.05, 4.69) is 16.0 Å².